The van der Waals surface area contributed by atoms with Gasteiger partial charge >= 0.3 is 0 Å². The topological polar surface area (TPSA) is 54.5 Å². The van der Waals surface area contributed by atoms with E-state index in [4.69, 9.17) is 4.74 Å². The van der Waals surface area contributed by atoms with Crippen LogP contribution in [0.2, 0.25) is 0 Å². The van der Waals surface area contributed by atoms with E-state index < -0.39 is 0 Å². The van der Waals surface area contributed by atoms with Crippen molar-refractivity contribution in [1.82, 2.24) is 10.3 Å². The van der Waals surface area contributed by atoms with Gasteiger partial charge in [0, 0.05) is 48.7 Å². The van der Waals surface area contributed by atoms with Crippen LogP contribution in [-0.4, -0.2) is 37.5 Å². The van der Waals surface area contributed by atoms with Crippen molar-refractivity contribution in [2.45, 2.75) is 25.8 Å². The Morgan fingerprint density at radius 2 is 2.04 bits per heavy atom. The molecular formula is C21H25N3O2. The number of hydrogen-bond acceptors (Lipinski definition) is 5. The maximum atomic E-state index is 12.8. The Morgan fingerprint density at radius 1 is 1.27 bits per heavy atom. The van der Waals surface area contributed by atoms with Crippen molar-refractivity contribution in [1.29, 1.82) is 0 Å². The highest BCUT2D eigenvalue weighted by Crippen LogP contribution is 2.32. The Morgan fingerprint density at radius 3 is 2.65 bits per heavy atom. The molecule has 0 unspecified atom stereocenters. The summed E-state index contributed by atoms with van der Waals surface area (Å²) < 4.78 is 5.35. The summed E-state index contributed by atoms with van der Waals surface area (Å²) in [5.41, 5.74) is 3.47. The summed E-state index contributed by atoms with van der Waals surface area (Å²) in [6, 6.07) is 9.67. The lowest BCUT2D eigenvalue weighted by Crippen LogP contribution is -2.43. The normalized spacial score (nSPS) is 16.6. The van der Waals surface area contributed by atoms with Gasteiger partial charge in [0.25, 0.3) is 0 Å². The van der Waals surface area contributed by atoms with Gasteiger partial charge in [0.2, 0.25) is 0 Å². The van der Waals surface area contributed by atoms with Crippen molar-refractivity contribution < 1.29 is 9.53 Å². The average Bonchev–Trinajstić information content (AvgIpc) is 2.60. The minimum absolute atomic E-state index is 0.0724. The fourth-order valence-electron chi connectivity index (χ4n) is 3.16. The van der Waals surface area contributed by atoms with Crippen molar-refractivity contribution in [3.8, 4) is 5.75 Å². The summed E-state index contributed by atoms with van der Waals surface area (Å²) in [7, 11) is 5.49. The van der Waals surface area contributed by atoms with E-state index in [9.17, 15) is 4.79 Å². The van der Waals surface area contributed by atoms with Crippen LogP contribution in [0.3, 0.4) is 0 Å². The van der Waals surface area contributed by atoms with E-state index in [1.807, 2.05) is 43.3 Å². The van der Waals surface area contributed by atoms with Gasteiger partial charge in [-0.2, -0.15) is 0 Å². The molecule has 0 amide bonds. The van der Waals surface area contributed by atoms with E-state index in [1.165, 1.54) is 5.56 Å². The first kappa shape index (κ1) is 18.0. The van der Waals surface area contributed by atoms with Crippen molar-refractivity contribution >= 4 is 17.3 Å². The zero-order chi connectivity index (χ0) is 18.9. The van der Waals surface area contributed by atoms with Crippen LogP contribution in [0.5, 0.6) is 5.75 Å². The highest BCUT2D eigenvalue weighted by atomic mass is 16.5. The van der Waals surface area contributed by atoms with Gasteiger partial charge in [0.05, 0.1) is 7.11 Å². The number of carbonyl (C=O) groups is 1. The first-order chi connectivity index (χ1) is 12.3. The van der Waals surface area contributed by atoms with Crippen LogP contribution < -0.4 is 15.0 Å². The third-order valence-electron chi connectivity index (χ3n) is 4.48. The number of pyridine rings is 1. The molecule has 3 rings (SSSR count). The molecule has 0 bridgehead atoms. The zero-order valence-corrected chi connectivity index (χ0v) is 16.0. The molecule has 5 nitrogen and oxygen atoms in total. The van der Waals surface area contributed by atoms with Gasteiger partial charge in [-0.05, 0) is 50.1 Å². The molecule has 0 atom stereocenters. The van der Waals surface area contributed by atoms with E-state index in [1.54, 1.807) is 19.4 Å². The first-order valence-corrected chi connectivity index (χ1v) is 8.64. The number of rotatable bonds is 4. The molecule has 0 saturated heterocycles. The molecule has 1 aliphatic rings. The summed E-state index contributed by atoms with van der Waals surface area (Å²) in [5, 5.41) is 3.49. The van der Waals surface area contributed by atoms with Crippen LogP contribution >= 0.6 is 0 Å². The van der Waals surface area contributed by atoms with Crippen LogP contribution in [0, 0.1) is 0 Å². The molecule has 0 aliphatic carbocycles. The lowest BCUT2D eigenvalue weighted by Gasteiger charge is -2.35. The molecular weight excluding hydrogens is 326 g/mol. The van der Waals surface area contributed by atoms with Gasteiger partial charge in [-0.3, -0.25) is 4.79 Å². The number of anilines is 1. The maximum Gasteiger partial charge on any atom is 0.189 e. The molecule has 1 aromatic heterocycles. The molecule has 5 heteroatoms. The Balaban J connectivity index is 1.97. The number of benzene rings is 1. The SMILES string of the molecule is COc1ccc2c(c1)/C(=C/C(=O)c1ccc(N(C)C)nc1)NC(C)(C)C2. The number of methoxy groups -OCH3 is 1. The largest absolute Gasteiger partial charge is 0.497 e. The molecule has 0 spiro atoms. The van der Waals surface area contributed by atoms with Gasteiger partial charge in [-0.1, -0.05) is 6.07 Å². The molecule has 0 radical (unpaired) electrons. The molecule has 0 fully saturated rings. The van der Waals surface area contributed by atoms with Crippen LogP contribution in [-0.2, 0) is 6.42 Å². The Kier molecular flexibility index (Phi) is 4.72. The van der Waals surface area contributed by atoms with Crippen molar-refractivity contribution in [2.24, 2.45) is 0 Å². The smallest absolute Gasteiger partial charge is 0.189 e. The Bertz CT molecular complexity index is 852. The van der Waals surface area contributed by atoms with Crippen LogP contribution in [0.4, 0.5) is 5.82 Å². The number of nitrogens with zero attached hydrogens (tertiary/aromatic N) is 2. The summed E-state index contributed by atoms with van der Waals surface area (Å²) in [6.45, 7) is 4.26. The standard InChI is InChI=1S/C21H25N3O2/c1-21(2)12-14-6-8-16(26-5)10-17(14)18(23-21)11-19(25)15-7-9-20(22-13-15)24(3)4/h6-11,13,23H,12H2,1-5H3/b18-11-. The second-order valence-corrected chi connectivity index (χ2v) is 7.43. The van der Waals surface area contributed by atoms with E-state index >= 15 is 0 Å². The highest BCUT2D eigenvalue weighted by molar-refractivity contribution is 6.08. The number of allylic oxidation sites excluding steroid dienone is 1. The monoisotopic (exact) mass is 351 g/mol. The summed E-state index contributed by atoms with van der Waals surface area (Å²) in [4.78, 5) is 19.0. The lowest BCUT2D eigenvalue weighted by atomic mass is 9.85. The fourth-order valence-corrected chi connectivity index (χ4v) is 3.16. The van der Waals surface area contributed by atoms with Gasteiger partial charge < -0.3 is 15.0 Å². The van der Waals surface area contributed by atoms with Crippen molar-refractivity contribution in [2.75, 3.05) is 26.1 Å². The van der Waals surface area contributed by atoms with E-state index in [0.717, 1.165) is 29.2 Å². The lowest BCUT2D eigenvalue weighted by molar-refractivity contribution is 0.104. The highest BCUT2D eigenvalue weighted by Gasteiger charge is 2.28. The molecule has 136 valence electrons. The van der Waals surface area contributed by atoms with E-state index in [2.05, 4.69) is 30.2 Å². The number of hydrogen-bond donors (Lipinski definition) is 1. The Hall–Kier alpha value is -2.82. The molecule has 2 aromatic rings. The number of aromatic nitrogens is 1. The third kappa shape index (κ3) is 3.72. The number of ether oxygens (including phenoxy) is 1. The van der Waals surface area contributed by atoms with E-state index in [-0.39, 0.29) is 11.3 Å². The molecule has 1 N–H and O–H groups in total. The van der Waals surface area contributed by atoms with Gasteiger partial charge in [-0.15, -0.1) is 0 Å². The summed E-state index contributed by atoms with van der Waals surface area (Å²) in [6.07, 6.45) is 4.16. The molecule has 1 aromatic carbocycles. The van der Waals surface area contributed by atoms with Gasteiger partial charge in [-0.25, -0.2) is 4.98 Å². The molecule has 26 heavy (non-hydrogen) atoms. The summed E-state index contributed by atoms with van der Waals surface area (Å²) >= 11 is 0. The van der Waals surface area contributed by atoms with Crippen molar-refractivity contribution in [3.63, 3.8) is 0 Å². The second-order valence-electron chi connectivity index (χ2n) is 7.43. The fraction of sp³-hybridized carbons (Fsp3) is 0.333. The average molecular weight is 351 g/mol. The maximum absolute atomic E-state index is 12.8. The van der Waals surface area contributed by atoms with E-state index in [0.29, 0.717) is 5.56 Å². The predicted molar refractivity (Wildman–Crippen MR) is 105 cm³/mol. The molecule has 1 aliphatic heterocycles. The minimum atomic E-state index is -0.124. The molecule has 2 heterocycles. The molecule has 0 saturated carbocycles. The van der Waals surface area contributed by atoms with Gasteiger partial charge in [0.15, 0.2) is 5.78 Å². The number of carbonyl (C=O) groups excluding carboxylic acids is 1. The zero-order valence-electron chi connectivity index (χ0n) is 16.0. The quantitative estimate of drug-likeness (QED) is 0.677. The van der Waals surface area contributed by atoms with Crippen LogP contribution in [0.15, 0.2) is 42.6 Å². The first-order valence-electron chi connectivity index (χ1n) is 8.64. The number of ketones is 1. The minimum Gasteiger partial charge on any atom is -0.497 e. The second kappa shape index (κ2) is 6.83. The Labute approximate surface area is 154 Å². The van der Waals surface area contributed by atoms with Gasteiger partial charge in [0.1, 0.15) is 11.6 Å². The third-order valence-corrected chi connectivity index (χ3v) is 4.48. The number of fused-ring (bicyclic) bond motifs is 1. The van der Waals surface area contributed by atoms with Crippen LogP contribution in [0.25, 0.3) is 5.70 Å². The predicted octanol–water partition coefficient (Wildman–Crippen LogP) is 3.30. The summed E-state index contributed by atoms with van der Waals surface area (Å²) in [5.74, 6) is 1.53. The number of nitrogens with one attached hydrogen (secondary N) is 1. The van der Waals surface area contributed by atoms with Crippen molar-refractivity contribution in [3.05, 3.63) is 59.3 Å². The van der Waals surface area contributed by atoms with Crippen LogP contribution in [0.1, 0.15) is 35.3 Å².